The summed E-state index contributed by atoms with van der Waals surface area (Å²) in [6, 6.07) is 14.8. The first-order chi connectivity index (χ1) is 11.5. The van der Waals surface area contributed by atoms with Gasteiger partial charge in [0.1, 0.15) is 5.75 Å². The highest BCUT2D eigenvalue weighted by Crippen LogP contribution is 2.39. The van der Waals surface area contributed by atoms with Crippen LogP contribution >= 0.6 is 0 Å². The number of rotatable bonds is 4. The van der Waals surface area contributed by atoms with E-state index in [-0.39, 0.29) is 11.7 Å². The molecule has 0 radical (unpaired) electrons. The Kier molecular flexibility index (Phi) is 4.38. The molecule has 0 saturated carbocycles. The third kappa shape index (κ3) is 3.04. The molecule has 1 aliphatic rings. The molecule has 0 fully saturated rings. The molecule has 0 N–H and O–H groups in total. The van der Waals surface area contributed by atoms with Gasteiger partial charge < -0.3 is 9.64 Å². The van der Waals surface area contributed by atoms with E-state index >= 15 is 0 Å². The Morgan fingerprint density at radius 3 is 2.50 bits per heavy atom. The quantitative estimate of drug-likeness (QED) is 0.799. The summed E-state index contributed by atoms with van der Waals surface area (Å²) < 4.78 is 5.97. The fourth-order valence-corrected chi connectivity index (χ4v) is 2.88. The van der Waals surface area contributed by atoms with Crippen molar-refractivity contribution in [2.75, 3.05) is 11.4 Å². The summed E-state index contributed by atoms with van der Waals surface area (Å²) in [6.45, 7) is 6.23. The lowest BCUT2D eigenvalue weighted by molar-refractivity contribution is -0.126. The number of anilines is 1. The number of nitrogens with zero attached hydrogens (tertiary/aromatic N) is 1. The van der Waals surface area contributed by atoms with Crippen LogP contribution in [0, 0.1) is 5.92 Å². The molecule has 3 rings (SSSR count). The Hall–Kier alpha value is -2.62. The van der Waals surface area contributed by atoms with Gasteiger partial charge in [0, 0.05) is 17.7 Å². The first-order valence-electron chi connectivity index (χ1n) is 8.15. The zero-order valence-corrected chi connectivity index (χ0v) is 14.2. The van der Waals surface area contributed by atoms with E-state index in [1.165, 1.54) is 6.92 Å². The van der Waals surface area contributed by atoms with E-state index in [9.17, 15) is 9.59 Å². The average Bonchev–Trinajstić information content (AvgIpc) is 2.57. The first kappa shape index (κ1) is 16.2. The normalized spacial score (nSPS) is 16.8. The maximum atomic E-state index is 13.0. The molecule has 4 heteroatoms. The van der Waals surface area contributed by atoms with Crippen LogP contribution in [0.15, 0.2) is 48.5 Å². The first-order valence-corrected chi connectivity index (χ1v) is 8.15. The number of amides is 1. The molecule has 1 unspecified atom stereocenters. The third-order valence-electron chi connectivity index (χ3n) is 4.04. The molecular weight excluding hydrogens is 302 g/mol. The highest BCUT2D eigenvalue weighted by Gasteiger charge is 2.35. The van der Waals surface area contributed by atoms with Crippen LogP contribution < -0.4 is 9.64 Å². The Balaban J connectivity index is 2.07. The molecule has 1 amide bonds. The molecule has 2 aromatic carbocycles. The van der Waals surface area contributed by atoms with E-state index in [0.717, 1.165) is 5.56 Å². The lowest BCUT2D eigenvalue weighted by Gasteiger charge is -2.35. The van der Waals surface area contributed by atoms with E-state index in [1.807, 2.05) is 30.3 Å². The maximum Gasteiger partial charge on any atom is 0.272 e. The van der Waals surface area contributed by atoms with Gasteiger partial charge in [-0.05, 0) is 31.0 Å². The highest BCUT2D eigenvalue weighted by atomic mass is 16.5. The molecule has 124 valence electrons. The molecule has 2 aromatic rings. The van der Waals surface area contributed by atoms with Gasteiger partial charge in [0.15, 0.2) is 5.78 Å². The van der Waals surface area contributed by atoms with E-state index in [4.69, 9.17) is 4.74 Å². The molecule has 1 aliphatic heterocycles. The number of carbonyl (C=O) groups excluding carboxylic acids is 2. The van der Waals surface area contributed by atoms with Gasteiger partial charge >= 0.3 is 0 Å². The van der Waals surface area contributed by atoms with Crippen molar-refractivity contribution in [3.8, 4) is 5.75 Å². The van der Waals surface area contributed by atoms with Crippen LogP contribution in [-0.4, -0.2) is 18.2 Å². The van der Waals surface area contributed by atoms with Crippen molar-refractivity contribution in [3.05, 3.63) is 59.7 Å². The maximum absolute atomic E-state index is 13.0. The molecule has 0 spiro atoms. The van der Waals surface area contributed by atoms with E-state index in [2.05, 4.69) is 13.8 Å². The Morgan fingerprint density at radius 2 is 1.88 bits per heavy atom. The molecule has 0 bridgehead atoms. The summed E-state index contributed by atoms with van der Waals surface area (Å²) in [5, 5.41) is 0. The van der Waals surface area contributed by atoms with Crippen molar-refractivity contribution in [2.24, 2.45) is 5.92 Å². The number of hydrogen-bond acceptors (Lipinski definition) is 3. The van der Waals surface area contributed by atoms with Crippen LogP contribution in [0.3, 0.4) is 0 Å². The van der Waals surface area contributed by atoms with Crippen molar-refractivity contribution in [1.29, 1.82) is 0 Å². The summed E-state index contributed by atoms with van der Waals surface area (Å²) in [5.41, 5.74) is 2.09. The number of Topliss-reactive ketones (excluding diaryl/α,β-unsaturated/α-hetero) is 1. The standard InChI is InChI=1S/C20H21NO3/c1-13(2)12-21-17-11-16(14(3)22)9-10-18(17)24-19(20(21)23)15-7-5-4-6-8-15/h4-11,13,19H,12H2,1-3H3. The summed E-state index contributed by atoms with van der Waals surface area (Å²) >= 11 is 0. The summed E-state index contributed by atoms with van der Waals surface area (Å²) in [4.78, 5) is 26.4. The summed E-state index contributed by atoms with van der Waals surface area (Å²) in [7, 11) is 0. The number of ether oxygens (including phenoxy) is 1. The van der Waals surface area contributed by atoms with Gasteiger partial charge in [0.05, 0.1) is 5.69 Å². The van der Waals surface area contributed by atoms with Crippen LogP contribution in [-0.2, 0) is 4.79 Å². The van der Waals surface area contributed by atoms with Crippen LogP contribution in [0.5, 0.6) is 5.75 Å². The number of fused-ring (bicyclic) bond motifs is 1. The van der Waals surface area contributed by atoms with E-state index < -0.39 is 6.10 Å². The molecule has 1 heterocycles. The molecule has 0 aromatic heterocycles. The summed E-state index contributed by atoms with van der Waals surface area (Å²) in [5.74, 6) is 0.814. The van der Waals surface area contributed by atoms with Gasteiger partial charge in [0.25, 0.3) is 5.91 Å². The van der Waals surface area contributed by atoms with E-state index in [1.54, 1.807) is 23.1 Å². The Morgan fingerprint density at radius 1 is 1.17 bits per heavy atom. The molecule has 24 heavy (non-hydrogen) atoms. The van der Waals surface area contributed by atoms with Crippen molar-refractivity contribution in [1.82, 2.24) is 0 Å². The molecule has 1 atom stereocenters. The monoisotopic (exact) mass is 323 g/mol. The predicted molar refractivity (Wildman–Crippen MR) is 93.4 cm³/mol. The lowest BCUT2D eigenvalue weighted by Crippen LogP contribution is -2.43. The number of hydrogen-bond donors (Lipinski definition) is 0. The zero-order chi connectivity index (χ0) is 17.3. The van der Waals surface area contributed by atoms with Gasteiger partial charge in [-0.25, -0.2) is 0 Å². The van der Waals surface area contributed by atoms with Gasteiger partial charge in [-0.1, -0.05) is 44.2 Å². The van der Waals surface area contributed by atoms with Crippen molar-refractivity contribution < 1.29 is 14.3 Å². The SMILES string of the molecule is CC(=O)c1ccc2c(c1)N(CC(C)C)C(=O)C(c1ccccc1)O2. The molecular formula is C20H21NO3. The van der Waals surface area contributed by atoms with Crippen LogP contribution in [0.1, 0.15) is 42.8 Å². The van der Waals surface area contributed by atoms with Crippen molar-refractivity contribution in [2.45, 2.75) is 26.9 Å². The van der Waals surface area contributed by atoms with Crippen LogP contribution in [0.2, 0.25) is 0 Å². The number of benzene rings is 2. The minimum atomic E-state index is -0.652. The fourth-order valence-electron chi connectivity index (χ4n) is 2.88. The lowest BCUT2D eigenvalue weighted by atomic mass is 10.0. The average molecular weight is 323 g/mol. The number of carbonyl (C=O) groups is 2. The second-order valence-electron chi connectivity index (χ2n) is 6.49. The topological polar surface area (TPSA) is 46.6 Å². The minimum absolute atomic E-state index is 0.0278. The van der Waals surface area contributed by atoms with Crippen LogP contribution in [0.25, 0.3) is 0 Å². The van der Waals surface area contributed by atoms with Crippen molar-refractivity contribution in [3.63, 3.8) is 0 Å². The molecule has 0 aliphatic carbocycles. The second kappa shape index (κ2) is 6.48. The second-order valence-corrected chi connectivity index (χ2v) is 6.49. The van der Waals surface area contributed by atoms with E-state index in [0.29, 0.717) is 29.5 Å². The smallest absolute Gasteiger partial charge is 0.272 e. The third-order valence-corrected chi connectivity index (χ3v) is 4.04. The Labute approximate surface area is 142 Å². The largest absolute Gasteiger partial charge is 0.474 e. The van der Waals surface area contributed by atoms with Gasteiger partial charge in [-0.3, -0.25) is 9.59 Å². The van der Waals surface area contributed by atoms with Crippen LogP contribution in [0.4, 0.5) is 5.69 Å². The molecule has 0 saturated heterocycles. The zero-order valence-electron chi connectivity index (χ0n) is 14.2. The molecule has 4 nitrogen and oxygen atoms in total. The highest BCUT2D eigenvalue weighted by molar-refractivity contribution is 6.03. The van der Waals surface area contributed by atoms with Gasteiger partial charge in [-0.2, -0.15) is 0 Å². The number of ketones is 1. The minimum Gasteiger partial charge on any atom is -0.474 e. The fraction of sp³-hybridized carbons (Fsp3) is 0.300. The summed E-state index contributed by atoms with van der Waals surface area (Å²) in [6.07, 6.45) is -0.652. The predicted octanol–water partition coefficient (Wildman–Crippen LogP) is 4.01. The van der Waals surface area contributed by atoms with Gasteiger partial charge in [0.2, 0.25) is 6.10 Å². The Bertz CT molecular complexity index is 768. The van der Waals surface area contributed by atoms with Gasteiger partial charge in [-0.15, -0.1) is 0 Å². The van der Waals surface area contributed by atoms with Crippen molar-refractivity contribution >= 4 is 17.4 Å².